The summed E-state index contributed by atoms with van der Waals surface area (Å²) < 4.78 is 0. The van der Waals surface area contributed by atoms with Crippen molar-refractivity contribution in [3.8, 4) is 12.1 Å². The summed E-state index contributed by atoms with van der Waals surface area (Å²) in [5, 5.41) is 19.0. The lowest BCUT2D eigenvalue weighted by atomic mass is 10.3. The molecule has 68 valence electrons. The van der Waals surface area contributed by atoms with Crippen molar-refractivity contribution in [1.82, 2.24) is 10.2 Å². The summed E-state index contributed by atoms with van der Waals surface area (Å²) in [6.07, 6.45) is 0. The van der Waals surface area contributed by atoms with Crippen LogP contribution >= 0.6 is 12.6 Å². The highest BCUT2D eigenvalue weighted by atomic mass is 32.1. The third-order valence-electron chi connectivity index (χ3n) is 1.09. The summed E-state index contributed by atoms with van der Waals surface area (Å²) in [7, 11) is 3.07. The van der Waals surface area contributed by atoms with Crippen LogP contribution in [0, 0.1) is 22.7 Å². The van der Waals surface area contributed by atoms with Gasteiger partial charge in [-0.3, -0.25) is 0 Å². The van der Waals surface area contributed by atoms with Gasteiger partial charge in [-0.05, 0) is 0 Å². The Morgan fingerprint density at radius 1 is 1.38 bits per heavy atom. The molecule has 0 radical (unpaired) electrons. The van der Waals surface area contributed by atoms with E-state index in [1.165, 1.54) is 19.0 Å². The van der Waals surface area contributed by atoms with Crippen molar-refractivity contribution >= 4 is 18.7 Å². The van der Waals surface area contributed by atoms with Gasteiger partial charge in [-0.25, -0.2) is 4.79 Å². The van der Waals surface area contributed by atoms with Gasteiger partial charge in [-0.2, -0.15) is 10.5 Å². The lowest BCUT2D eigenvalue weighted by Gasteiger charge is -2.11. The zero-order chi connectivity index (χ0) is 10.4. The Bertz CT molecular complexity index is 304. The van der Waals surface area contributed by atoms with Crippen LogP contribution in [-0.2, 0) is 0 Å². The van der Waals surface area contributed by atoms with Gasteiger partial charge < -0.3 is 10.2 Å². The average Bonchev–Trinajstić information content (AvgIpc) is 2.06. The van der Waals surface area contributed by atoms with Gasteiger partial charge in [0.05, 0.1) is 0 Å². The molecule has 6 heteroatoms. The van der Waals surface area contributed by atoms with Crippen LogP contribution in [-0.4, -0.2) is 25.0 Å². The Balaban J connectivity index is 4.58. The smallest absolute Gasteiger partial charge is 0.321 e. The zero-order valence-electron chi connectivity index (χ0n) is 7.20. The number of nitrogens with one attached hydrogen (secondary N) is 1. The molecular weight excluding hydrogens is 188 g/mol. The molecule has 0 aliphatic heterocycles. The number of urea groups is 1. The molecule has 0 saturated heterocycles. The second-order valence-corrected chi connectivity index (χ2v) is 2.72. The van der Waals surface area contributed by atoms with E-state index in [9.17, 15) is 4.79 Å². The number of carbonyl (C=O) groups excluding carboxylic acids is 1. The summed E-state index contributed by atoms with van der Waals surface area (Å²) in [6, 6.07) is 2.77. The molecule has 5 nitrogen and oxygen atoms in total. The van der Waals surface area contributed by atoms with Crippen molar-refractivity contribution < 1.29 is 4.79 Å². The minimum absolute atomic E-state index is 0.0382. The summed E-state index contributed by atoms with van der Waals surface area (Å²) in [6.45, 7) is 0. The number of rotatable bonds is 1. The van der Waals surface area contributed by atoms with Gasteiger partial charge in [0.15, 0.2) is 5.57 Å². The number of hydrogen-bond donors (Lipinski definition) is 2. The maximum atomic E-state index is 11.0. The number of carbonyl (C=O) groups is 1. The molecule has 0 aromatic heterocycles. The fourth-order valence-corrected chi connectivity index (χ4v) is 0.602. The molecule has 0 aliphatic carbocycles. The SMILES string of the molecule is CN(C)C(=O)NC(S)=C(C#N)C#N. The van der Waals surface area contributed by atoms with Crippen LogP contribution in [0.3, 0.4) is 0 Å². The Morgan fingerprint density at radius 3 is 2.15 bits per heavy atom. The molecule has 0 unspecified atom stereocenters. The van der Waals surface area contributed by atoms with Crippen LogP contribution in [0.5, 0.6) is 0 Å². The Labute approximate surface area is 81.7 Å². The first-order chi connectivity index (χ1) is 6.02. The van der Waals surface area contributed by atoms with E-state index < -0.39 is 6.03 Å². The molecule has 0 atom stereocenters. The topological polar surface area (TPSA) is 79.9 Å². The number of thiol groups is 1. The minimum atomic E-state index is -0.437. The number of allylic oxidation sites excluding steroid dienone is 1. The molecule has 0 spiro atoms. The minimum Gasteiger partial charge on any atom is -0.331 e. The molecule has 0 aliphatic rings. The molecule has 1 N–H and O–H groups in total. The van der Waals surface area contributed by atoms with Crippen LogP contribution in [0.2, 0.25) is 0 Å². The summed E-state index contributed by atoms with van der Waals surface area (Å²) >= 11 is 3.80. The number of nitriles is 2. The molecule has 0 aromatic carbocycles. The van der Waals surface area contributed by atoms with E-state index in [1.54, 1.807) is 12.1 Å². The predicted molar refractivity (Wildman–Crippen MR) is 49.5 cm³/mol. The first kappa shape index (κ1) is 11.3. The van der Waals surface area contributed by atoms with Crippen LogP contribution in [0.25, 0.3) is 0 Å². The highest BCUT2D eigenvalue weighted by Crippen LogP contribution is 2.03. The third kappa shape index (κ3) is 3.50. The molecule has 2 amide bonds. The van der Waals surface area contributed by atoms with Gasteiger partial charge in [-0.1, -0.05) is 0 Å². The van der Waals surface area contributed by atoms with E-state index in [2.05, 4.69) is 17.9 Å². The van der Waals surface area contributed by atoms with E-state index in [1.807, 2.05) is 0 Å². The molecule has 0 fully saturated rings. The van der Waals surface area contributed by atoms with Gasteiger partial charge in [0.1, 0.15) is 17.2 Å². The first-order valence-electron chi connectivity index (χ1n) is 3.24. The number of amides is 2. The highest BCUT2D eigenvalue weighted by Gasteiger charge is 2.07. The van der Waals surface area contributed by atoms with E-state index in [-0.39, 0.29) is 10.6 Å². The predicted octanol–water partition coefficient (Wildman–Crippen LogP) is 0.446. The normalized spacial score (nSPS) is 7.77. The lowest BCUT2D eigenvalue weighted by molar-refractivity contribution is 0.221. The fraction of sp³-hybridized carbons (Fsp3) is 0.286. The molecule has 13 heavy (non-hydrogen) atoms. The Morgan fingerprint density at radius 2 is 1.85 bits per heavy atom. The van der Waals surface area contributed by atoms with Crippen molar-refractivity contribution in [2.75, 3.05) is 14.1 Å². The van der Waals surface area contributed by atoms with E-state index in [4.69, 9.17) is 10.5 Å². The van der Waals surface area contributed by atoms with E-state index >= 15 is 0 Å². The monoisotopic (exact) mass is 196 g/mol. The van der Waals surface area contributed by atoms with Gasteiger partial charge >= 0.3 is 6.03 Å². The van der Waals surface area contributed by atoms with Crippen molar-refractivity contribution in [3.63, 3.8) is 0 Å². The molecule has 0 aromatic rings. The fourth-order valence-electron chi connectivity index (χ4n) is 0.406. The average molecular weight is 196 g/mol. The Kier molecular flexibility index (Phi) is 4.42. The van der Waals surface area contributed by atoms with Crippen LogP contribution in [0.4, 0.5) is 4.79 Å². The van der Waals surface area contributed by atoms with E-state index in [0.29, 0.717) is 0 Å². The van der Waals surface area contributed by atoms with Crippen LogP contribution in [0.15, 0.2) is 10.6 Å². The molecule has 0 heterocycles. The van der Waals surface area contributed by atoms with Crippen molar-refractivity contribution in [1.29, 1.82) is 10.5 Å². The Hall–Kier alpha value is -1.66. The van der Waals surface area contributed by atoms with Gasteiger partial charge in [0, 0.05) is 14.1 Å². The number of hydrogen-bond acceptors (Lipinski definition) is 4. The van der Waals surface area contributed by atoms with Crippen molar-refractivity contribution in [2.24, 2.45) is 0 Å². The quantitative estimate of drug-likeness (QED) is 0.472. The second-order valence-electron chi connectivity index (χ2n) is 2.27. The molecule has 0 bridgehead atoms. The van der Waals surface area contributed by atoms with Crippen LogP contribution < -0.4 is 5.32 Å². The molecule has 0 saturated carbocycles. The standard InChI is InChI=1S/C7H8N4OS/c1-11(2)7(12)10-6(13)5(3-8)4-9/h13H,1-2H3,(H,10,12). The number of nitrogens with zero attached hydrogens (tertiary/aromatic N) is 3. The maximum absolute atomic E-state index is 11.0. The molecular formula is C7H8N4OS. The second kappa shape index (κ2) is 5.07. The van der Waals surface area contributed by atoms with Crippen LogP contribution in [0.1, 0.15) is 0 Å². The van der Waals surface area contributed by atoms with Gasteiger partial charge in [0.2, 0.25) is 0 Å². The maximum Gasteiger partial charge on any atom is 0.321 e. The van der Waals surface area contributed by atoms with Gasteiger partial charge in [0.25, 0.3) is 0 Å². The van der Waals surface area contributed by atoms with Crippen molar-refractivity contribution in [2.45, 2.75) is 0 Å². The van der Waals surface area contributed by atoms with Crippen molar-refractivity contribution in [3.05, 3.63) is 10.6 Å². The summed E-state index contributed by atoms with van der Waals surface area (Å²) in [5.74, 6) is 0. The summed E-state index contributed by atoms with van der Waals surface area (Å²) in [5.41, 5.74) is -0.224. The largest absolute Gasteiger partial charge is 0.331 e. The summed E-state index contributed by atoms with van der Waals surface area (Å²) in [4.78, 5) is 12.3. The highest BCUT2D eigenvalue weighted by molar-refractivity contribution is 7.84. The third-order valence-corrected chi connectivity index (χ3v) is 1.43. The lowest BCUT2D eigenvalue weighted by Crippen LogP contribution is -2.33. The van der Waals surface area contributed by atoms with Gasteiger partial charge in [-0.15, -0.1) is 12.6 Å². The first-order valence-corrected chi connectivity index (χ1v) is 3.69. The zero-order valence-corrected chi connectivity index (χ0v) is 8.09. The van der Waals surface area contributed by atoms with E-state index in [0.717, 1.165) is 0 Å². The molecule has 0 rings (SSSR count).